The maximum atomic E-state index is 5.21. The molecular formula is C13H25N3O. The van der Waals surface area contributed by atoms with Crippen LogP contribution in [0.1, 0.15) is 39.3 Å². The Labute approximate surface area is 104 Å². The minimum absolute atomic E-state index is 0.101. The third-order valence-corrected chi connectivity index (χ3v) is 2.60. The fourth-order valence-corrected chi connectivity index (χ4v) is 1.85. The van der Waals surface area contributed by atoms with Gasteiger partial charge < -0.3 is 14.6 Å². The van der Waals surface area contributed by atoms with Gasteiger partial charge in [0.05, 0.1) is 17.8 Å². The van der Waals surface area contributed by atoms with Crippen molar-refractivity contribution in [3.05, 3.63) is 11.9 Å². The minimum Gasteiger partial charge on any atom is -0.382 e. The third kappa shape index (κ3) is 4.38. The van der Waals surface area contributed by atoms with Gasteiger partial charge in [-0.05, 0) is 27.2 Å². The lowest BCUT2D eigenvalue weighted by atomic mass is 10.1. The van der Waals surface area contributed by atoms with E-state index in [1.807, 2.05) is 6.92 Å². The zero-order valence-electron chi connectivity index (χ0n) is 11.7. The maximum absolute atomic E-state index is 5.21. The van der Waals surface area contributed by atoms with Gasteiger partial charge >= 0.3 is 0 Å². The van der Waals surface area contributed by atoms with Gasteiger partial charge in [-0.3, -0.25) is 0 Å². The van der Waals surface area contributed by atoms with Crippen molar-refractivity contribution in [3.63, 3.8) is 0 Å². The molecule has 4 heteroatoms. The first-order valence-electron chi connectivity index (χ1n) is 6.29. The zero-order valence-corrected chi connectivity index (χ0v) is 11.7. The zero-order chi connectivity index (χ0) is 12.9. The van der Waals surface area contributed by atoms with E-state index in [4.69, 9.17) is 4.74 Å². The molecule has 17 heavy (non-hydrogen) atoms. The standard InChI is InChI=1S/C13H25N3O/c1-6-7-8-16-9-11(2)14-12(16)15-13(3,4)10-17-5/h9H,6-8,10H2,1-5H3,(H,14,15). The lowest BCUT2D eigenvalue weighted by Crippen LogP contribution is -2.37. The third-order valence-electron chi connectivity index (χ3n) is 2.60. The van der Waals surface area contributed by atoms with Crippen molar-refractivity contribution in [2.45, 2.75) is 52.6 Å². The lowest BCUT2D eigenvalue weighted by Gasteiger charge is -2.26. The van der Waals surface area contributed by atoms with Crippen LogP contribution in [0.3, 0.4) is 0 Å². The summed E-state index contributed by atoms with van der Waals surface area (Å²) in [6.07, 6.45) is 4.47. The average Bonchev–Trinajstić information content (AvgIpc) is 2.54. The summed E-state index contributed by atoms with van der Waals surface area (Å²) in [5.74, 6) is 0.943. The molecule has 0 radical (unpaired) electrons. The summed E-state index contributed by atoms with van der Waals surface area (Å²) in [6, 6.07) is 0. The Kier molecular flexibility index (Phi) is 5.00. The molecule has 0 aromatic carbocycles. The van der Waals surface area contributed by atoms with Crippen LogP contribution in [0.5, 0.6) is 0 Å². The predicted octanol–water partition coefficient (Wildman–Crippen LogP) is 2.83. The summed E-state index contributed by atoms with van der Waals surface area (Å²) in [7, 11) is 1.72. The molecule has 1 aromatic rings. The van der Waals surface area contributed by atoms with Crippen molar-refractivity contribution in [2.75, 3.05) is 19.0 Å². The highest BCUT2D eigenvalue weighted by Crippen LogP contribution is 2.16. The van der Waals surface area contributed by atoms with E-state index < -0.39 is 0 Å². The van der Waals surface area contributed by atoms with Gasteiger partial charge in [-0.1, -0.05) is 13.3 Å². The number of imidazole rings is 1. The first-order valence-corrected chi connectivity index (χ1v) is 6.29. The number of rotatable bonds is 7. The van der Waals surface area contributed by atoms with E-state index in [-0.39, 0.29) is 5.54 Å². The second-order valence-electron chi connectivity index (χ2n) is 5.19. The second-order valence-corrected chi connectivity index (χ2v) is 5.19. The lowest BCUT2D eigenvalue weighted by molar-refractivity contribution is 0.157. The number of methoxy groups -OCH3 is 1. The van der Waals surface area contributed by atoms with E-state index in [1.165, 1.54) is 12.8 Å². The molecule has 0 amide bonds. The van der Waals surface area contributed by atoms with E-state index in [0.717, 1.165) is 18.2 Å². The van der Waals surface area contributed by atoms with E-state index in [1.54, 1.807) is 7.11 Å². The van der Waals surface area contributed by atoms with Gasteiger partial charge in [-0.2, -0.15) is 0 Å². The van der Waals surface area contributed by atoms with Crippen LogP contribution >= 0.6 is 0 Å². The number of aromatic nitrogens is 2. The number of anilines is 1. The van der Waals surface area contributed by atoms with Gasteiger partial charge in [-0.25, -0.2) is 4.98 Å². The molecule has 0 atom stereocenters. The molecule has 1 heterocycles. The van der Waals surface area contributed by atoms with Gasteiger partial charge in [0.1, 0.15) is 0 Å². The minimum atomic E-state index is -0.101. The summed E-state index contributed by atoms with van der Waals surface area (Å²) in [4.78, 5) is 4.53. The van der Waals surface area contributed by atoms with E-state index in [0.29, 0.717) is 6.61 Å². The highest BCUT2D eigenvalue weighted by Gasteiger charge is 2.19. The summed E-state index contributed by atoms with van der Waals surface area (Å²) in [5.41, 5.74) is 0.952. The van der Waals surface area contributed by atoms with Crippen LogP contribution in [0.15, 0.2) is 6.20 Å². The average molecular weight is 239 g/mol. The number of unbranched alkanes of at least 4 members (excludes halogenated alkanes) is 1. The summed E-state index contributed by atoms with van der Waals surface area (Å²) < 4.78 is 7.40. The SMILES string of the molecule is CCCCn1cc(C)nc1NC(C)(C)COC. The fourth-order valence-electron chi connectivity index (χ4n) is 1.85. The Hall–Kier alpha value is -1.03. The highest BCUT2D eigenvalue weighted by molar-refractivity contribution is 5.32. The van der Waals surface area contributed by atoms with Gasteiger partial charge in [0.25, 0.3) is 0 Å². The second kappa shape index (κ2) is 6.05. The monoisotopic (exact) mass is 239 g/mol. The molecule has 0 saturated carbocycles. The van der Waals surface area contributed by atoms with Crippen molar-refractivity contribution >= 4 is 5.95 Å². The molecule has 0 unspecified atom stereocenters. The fraction of sp³-hybridized carbons (Fsp3) is 0.769. The molecule has 0 aliphatic carbocycles. The smallest absolute Gasteiger partial charge is 0.203 e. The van der Waals surface area contributed by atoms with Crippen molar-refractivity contribution < 1.29 is 4.74 Å². The van der Waals surface area contributed by atoms with Crippen LogP contribution in [0, 0.1) is 6.92 Å². The quantitative estimate of drug-likeness (QED) is 0.795. The highest BCUT2D eigenvalue weighted by atomic mass is 16.5. The summed E-state index contributed by atoms with van der Waals surface area (Å²) in [5, 5.41) is 3.44. The number of hydrogen-bond donors (Lipinski definition) is 1. The number of aryl methyl sites for hydroxylation is 2. The normalized spacial score (nSPS) is 11.8. The first kappa shape index (κ1) is 14.0. The summed E-state index contributed by atoms with van der Waals surface area (Å²) in [6.45, 7) is 10.1. The van der Waals surface area contributed by atoms with Crippen molar-refractivity contribution in [1.29, 1.82) is 0 Å². The molecule has 98 valence electrons. The van der Waals surface area contributed by atoms with Crippen LogP contribution in [-0.2, 0) is 11.3 Å². The van der Waals surface area contributed by atoms with Crippen molar-refractivity contribution in [3.8, 4) is 0 Å². The van der Waals surface area contributed by atoms with Crippen molar-refractivity contribution in [1.82, 2.24) is 9.55 Å². The molecule has 1 aromatic heterocycles. The molecule has 0 aliphatic heterocycles. The molecule has 0 aliphatic rings. The topological polar surface area (TPSA) is 39.1 Å². The van der Waals surface area contributed by atoms with Crippen LogP contribution < -0.4 is 5.32 Å². The van der Waals surface area contributed by atoms with Gasteiger partial charge in [0, 0.05) is 19.9 Å². The largest absolute Gasteiger partial charge is 0.382 e. The van der Waals surface area contributed by atoms with E-state index >= 15 is 0 Å². The first-order chi connectivity index (χ1) is 7.98. The Balaban J connectivity index is 2.75. The summed E-state index contributed by atoms with van der Waals surface area (Å²) >= 11 is 0. The molecule has 0 fully saturated rings. The van der Waals surface area contributed by atoms with Crippen LogP contribution in [-0.4, -0.2) is 28.8 Å². The van der Waals surface area contributed by atoms with Crippen LogP contribution in [0.4, 0.5) is 5.95 Å². The molecule has 1 rings (SSSR count). The number of nitrogens with one attached hydrogen (secondary N) is 1. The van der Waals surface area contributed by atoms with Crippen molar-refractivity contribution in [2.24, 2.45) is 0 Å². The van der Waals surface area contributed by atoms with E-state index in [2.05, 4.69) is 41.8 Å². The predicted molar refractivity (Wildman–Crippen MR) is 71.4 cm³/mol. The van der Waals surface area contributed by atoms with Crippen LogP contribution in [0.25, 0.3) is 0 Å². The molecule has 0 spiro atoms. The number of ether oxygens (including phenoxy) is 1. The number of hydrogen-bond acceptors (Lipinski definition) is 3. The molecular weight excluding hydrogens is 214 g/mol. The number of nitrogens with zero attached hydrogens (tertiary/aromatic N) is 2. The molecule has 0 bridgehead atoms. The van der Waals surface area contributed by atoms with Crippen LogP contribution in [0.2, 0.25) is 0 Å². The Morgan fingerprint density at radius 1 is 1.47 bits per heavy atom. The Morgan fingerprint density at radius 2 is 2.18 bits per heavy atom. The van der Waals surface area contributed by atoms with E-state index in [9.17, 15) is 0 Å². The molecule has 1 N–H and O–H groups in total. The van der Waals surface area contributed by atoms with Gasteiger partial charge in [0.2, 0.25) is 5.95 Å². The molecule has 0 saturated heterocycles. The molecule has 4 nitrogen and oxygen atoms in total. The van der Waals surface area contributed by atoms with Gasteiger partial charge in [0.15, 0.2) is 0 Å². The Morgan fingerprint density at radius 3 is 2.76 bits per heavy atom. The maximum Gasteiger partial charge on any atom is 0.203 e. The van der Waals surface area contributed by atoms with Gasteiger partial charge in [-0.15, -0.1) is 0 Å². The Bertz CT molecular complexity index is 344.